The minimum absolute atomic E-state index is 0.0146. The lowest BCUT2D eigenvalue weighted by atomic mass is 10.1. The van der Waals surface area contributed by atoms with Gasteiger partial charge in [-0.3, -0.25) is 14.9 Å². The van der Waals surface area contributed by atoms with Gasteiger partial charge in [-0.1, -0.05) is 23.4 Å². The molecule has 0 aliphatic rings. The number of hydrogen-bond acceptors (Lipinski definition) is 7. The quantitative estimate of drug-likeness (QED) is 0.385. The van der Waals surface area contributed by atoms with Crippen LogP contribution in [0, 0.1) is 10.1 Å². The van der Waals surface area contributed by atoms with Gasteiger partial charge in [0.2, 0.25) is 0 Å². The van der Waals surface area contributed by atoms with Crippen LogP contribution in [0.3, 0.4) is 0 Å². The van der Waals surface area contributed by atoms with E-state index in [4.69, 9.17) is 9.26 Å². The Bertz CT molecular complexity index is 840. The van der Waals surface area contributed by atoms with Gasteiger partial charge in [-0.2, -0.15) is 0 Å². The highest BCUT2D eigenvalue weighted by atomic mass is 32.1. The van der Waals surface area contributed by atoms with E-state index in [1.807, 2.05) is 17.5 Å². The number of benzene rings is 1. The van der Waals surface area contributed by atoms with Crippen LogP contribution in [0.15, 0.2) is 52.4 Å². The van der Waals surface area contributed by atoms with Gasteiger partial charge in [0, 0.05) is 18.2 Å². The first-order chi connectivity index (χ1) is 11.6. The normalized spacial score (nSPS) is 10.5. The molecule has 7 nitrogen and oxygen atoms in total. The third-order valence-corrected chi connectivity index (χ3v) is 4.08. The summed E-state index contributed by atoms with van der Waals surface area (Å²) < 4.78 is 10.3. The van der Waals surface area contributed by atoms with Gasteiger partial charge >= 0.3 is 5.97 Å². The minimum atomic E-state index is -0.488. The summed E-state index contributed by atoms with van der Waals surface area (Å²) in [5.41, 5.74) is 1.15. The molecule has 0 saturated carbocycles. The van der Waals surface area contributed by atoms with Crippen molar-refractivity contribution in [3.63, 3.8) is 0 Å². The smallest absolute Gasteiger partial charge is 0.310 e. The van der Waals surface area contributed by atoms with E-state index in [9.17, 15) is 14.9 Å². The summed E-state index contributed by atoms with van der Waals surface area (Å²) in [5.74, 6) is 0.191. The van der Waals surface area contributed by atoms with Crippen LogP contribution in [0.5, 0.6) is 0 Å². The van der Waals surface area contributed by atoms with Gasteiger partial charge in [0.1, 0.15) is 12.3 Å². The highest BCUT2D eigenvalue weighted by molar-refractivity contribution is 7.13. The Morgan fingerprint density at radius 3 is 2.75 bits per heavy atom. The van der Waals surface area contributed by atoms with Crippen molar-refractivity contribution in [1.29, 1.82) is 0 Å². The number of hydrogen-bond donors (Lipinski definition) is 0. The van der Waals surface area contributed by atoms with E-state index in [0.717, 1.165) is 4.88 Å². The van der Waals surface area contributed by atoms with E-state index in [1.54, 1.807) is 6.07 Å². The summed E-state index contributed by atoms with van der Waals surface area (Å²) in [6, 6.07) is 11.3. The molecule has 0 radical (unpaired) electrons. The van der Waals surface area contributed by atoms with Crippen LogP contribution in [0.2, 0.25) is 0 Å². The molecule has 0 N–H and O–H groups in total. The van der Waals surface area contributed by atoms with E-state index in [0.29, 0.717) is 17.0 Å². The molecule has 0 aliphatic heterocycles. The maximum Gasteiger partial charge on any atom is 0.310 e. The molecule has 0 bridgehead atoms. The minimum Gasteiger partial charge on any atom is -0.459 e. The summed E-state index contributed by atoms with van der Waals surface area (Å²) >= 11 is 1.53. The molecule has 2 heterocycles. The number of ether oxygens (including phenoxy) is 1. The van der Waals surface area contributed by atoms with Crippen LogP contribution >= 0.6 is 11.3 Å². The molecule has 0 atom stereocenters. The van der Waals surface area contributed by atoms with Gasteiger partial charge in [0.25, 0.3) is 5.69 Å². The topological polar surface area (TPSA) is 95.5 Å². The third kappa shape index (κ3) is 3.85. The number of nitrogens with zero attached hydrogens (tertiary/aromatic N) is 2. The van der Waals surface area contributed by atoms with Crippen LogP contribution in [0.25, 0.3) is 10.6 Å². The molecule has 0 saturated heterocycles. The van der Waals surface area contributed by atoms with Crippen molar-refractivity contribution in [3.05, 3.63) is 69.2 Å². The lowest BCUT2D eigenvalue weighted by Crippen LogP contribution is -2.08. The monoisotopic (exact) mass is 344 g/mol. The number of nitro benzene ring substituents is 1. The van der Waals surface area contributed by atoms with Gasteiger partial charge in [0.05, 0.1) is 16.2 Å². The van der Waals surface area contributed by atoms with Crippen LogP contribution in [-0.2, 0) is 22.6 Å². The van der Waals surface area contributed by atoms with Crippen LogP contribution in [-0.4, -0.2) is 16.0 Å². The molecule has 3 aromatic rings. The fourth-order valence-corrected chi connectivity index (χ4v) is 2.70. The molecule has 0 unspecified atom stereocenters. The predicted octanol–water partition coefficient (Wildman–Crippen LogP) is 3.60. The van der Waals surface area contributed by atoms with E-state index >= 15 is 0 Å². The first-order valence-corrected chi connectivity index (χ1v) is 7.88. The molecule has 0 amide bonds. The fraction of sp³-hybridized carbons (Fsp3) is 0.125. The number of non-ortho nitro benzene ring substituents is 1. The summed E-state index contributed by atoms with van der Waals surface area (Å²) in [7, 11) is 0. The second kappa shape index (κ2) is 7.05. The summed E-state index contributed by atoms with van der Waals surface area (Å²) in [6.07, 6.45) is 0.0353. The zero-order valence-electron chi connectivity index (χ0n) is 12.4. The largest absolute Gasteiger partial charge is 0.459 e. The number of esters is 1. The molecular weight excluding hydrogens is 332 g/mol. The second-order valence-corrected chi connectivity index (χ2v) is 5.87. The van der Waals surface area contributed by atoms with Gasteiger partial charge in [-0.05, 0) is 17.0 Å². The Kier molecular flexibility index (Phi) is 4.66. The first kappa shape index (κ1) is 15.9. The van der Waals surface area contributed by atoms with Crippen molar-refractivity contribution in [1.82, 2.24) is 5.16 Å². The molecule has 24 heavy (non-hydrogen) atoms. The molecule has 1 aromatic carbocycles. The van der Waals surface area contributed by atoms with Gasteiger partial charge in [-0.25, -0.2) is 0 Å². The van der Waals surface area contributed by atoms with Crippen molar-refractivity contribution >= 4 is 23.0 Å². The van der Waals surface area contributed by atoms with Crippen LogP contribution in [0.4, 0.5) is 5.69 Å². The van der Waals surface area contributed by atoms with E-state index < -0.39 is 10.9 Å². The van der Waals surface area contributed by atoms with Crippen molar-refractivity contribution < 1.29 is 19.0 Å². The first-order valence-electron chi connectivity index (χ1n) is 7.00. The summed E-state index contributed by atoms with van der Waals surface area (Å²) in [5, 5.41) is 16.4. The Morgan fingerprint density at radius 2 is 2.08 bits per heavy atom. The zero-order valence-corrected chi connectivity index (χ0v) is 13.2. The molecule has 2 aromatic heterocycles. The zero-order chi connectivity index (χ0) is 16.9. The molecule has 0 spiro atoms. The van der Waals surface area contributed by atoms with Crippen molar-refractivity contribution in [2.24, 2.45) is 0 Å². The van der Waals surface area contributed by atoms with Gasteiger partial charge in [0.15, 0.2) is 5.76 Å². The maximum absolute atomic E-state index is 11.8. The lowest BCUT2D eigenvalue weighted by Gasteiger charge is -2.02. The molecule has 3 rings (SSSR count). The molecular formula is C16H12N2O5S. The average Bonchev–Trinajstić information content (AvgIpc) is 3.25. The molecule has 122 valence electrons. The number of carbonyl (C=O) groups excluding carboxylic acids is 1. The van der Waals surface area contributed by atoms with Crippen LogP contribution < -0.4 is 0 Å². The molecule has 0 fully saturated rings. The molecule has 8 heteroatoms. The summed E-state index contributed by atoms with van der Waals surface area (Å²) in [4.78, 5) is 22.9. The van der Waals surface area contributed by atoms with Crippen molar-refractivity contribution in [2.45, 2.75) is 13.0 Å². The lowest BCUT2D eigenvalue weighted by molar-refractivity contribution is -0.384. The SMILES string of the molecule is O=C(Cc1ccc([N+](=O)[O-])cc1)OCc1cc(-c2cccs2)on1. The number of carbonyl (C=O) groups is 1. The summed E-state index contributed by atoms with van der Waals surface area (Å²) in [6.45, 7) is 0.0146. The van der Waals surface area contributed by atoms with E-state index in [2.05, 4.69) is 5.16 Å². The highest BCUT2D eigenvalue weighted by Crippen LogP contribution is 2.25. The second-order valence-electron chi connectivity index (χ2n) is 4.92. The fourth-order valence-electron chi connectivity index (χ4n) is 2.02. The number of nitro groups is 1. The number of aromatic nitrogens is 1. The molecule has 0 aliphatic carbocycles. The Balaban J connectivity index is 1.53. The maximum atomic E-state index is 11.8. The van der Waals surface area contributed by atoms with Crippen molar-refractivity contribution in [2.75, 3.05) is 0 Å². The number of rotatable bonds is 6. The Hall–Kier alpha value is -3.00. The predicted molar refractivity (Wildman–Crippen MR) is 86.4 cm³/mol. The Morgan fingerprint density at radius 1 is 1.29 bits per heavy atom. The van der Waals surface area contributed by atoms with Gasteiger partial charge in [-0.15, -0.1) is 11.3 Å². The van der Waals surface area contributed by atoms with Crippen molar-refractivity contribution in [3.8, 4) is 10.6 Å². The Labute approximate surface area is 140 Å². The van der Waals surface area contributed by atoms with Gasteiger partial charge < -0.3 is 9.26 Å². The van der Waals surface area contributed by atoms with Crippen LogP contribution in [0.1, 0.15) is 11.3 Å². The van der Waals surface area contributed by atoms with E-state index in [-0.39, 0.29) is 18.7 Å². The third-order valence-electron chi connectivity index (χ3n) is 3.20. The standard InChI is InChI=1S/C16H12N2O5S/c19-16(8-11-3-5-13(6-4-11)18(20)21)22-10-12-9-14(23-17-12)15-2-1-7-24-15/h1-7,9H,8,10H2. The van der Waals surface area contributed by atoms with E-state index in [1.165, 1.54) is 35.6 Å². The highest BCUT2D eigenvalue weighted by Gasteiger charge is 2.11. The number of thiophene rings is 1. The average molecular weight is 344 g/mol.